The highest BCUT2D eigenvalue weighted by molar-refractivity contribution is 14.0. The van der Waals surface area contributed by atoms with E-state index in [-0.39, 0.29) is 29.8 Å². The molecule has 1 aliphatic heterocycles. The lowest BCUT2D eigenvalue weighted by molar-refractivity contribution is 0.223. The molecule has 1 aromatic carbocycles. The number of halogens is 2. The molecule has 0 bridgehead atoms. The van der Waals surface area contributed by atoms with Gasteiger partial charge in [-0.15, -0.1) is 24.0 Å². The Kier molecular flexibility index (Phi) is 10.3. The smallest absolute Gasteiger partial charge is 0.193 e. The predicted octanol–water partition coefficient (Wildman–Crippen LogP) is 3.37. The van der Waals surface area contributed by atoms with Crippen molar-refractivity contribution in [2.75, 3.05) is 39.8 Å². The monoisotopic (exact) mass is 462 g/mol. The van der Waals surface area contributed by atoms with E-state index in [0.717, 1.165) is 57.1 Å². The van der Waals surface area contributed by atoms with Gasteiger partial charge in [0.2, 0.25) is 0 Å². The molecule has 1 fully saturated rings. The molecule has 0 amide bonds. The number of benzene rings is 1. The first kappa shape index (κ1) is 22.2. The van der Waals surface area contributed by atoms with Crippen LogP contribution >= 0.6 is 24.0 Å². The van der Waals surface area contributed by atoms with Crippen molar-refractivity contribution in [1.82, 2.24) is 15.1 Å². The topological polar surface area (TPSA) is 30.9 Å². The second kappa shape index (κ2) is 11.7. The molecule has 0 saturated carbocycles. The van der Waals surface area contributed by atoms with Crippen molar-refractivity contribution in [2.24, 2.45) is 4.99 Å². The number of nitrogens with zero attached hydrogens (tertiary/aromatic N) is 3. The summed E-state index contributed by atoms with van der Waals surface area (Å²) >= 11 is 0. The van der Waals surface area contributed by atoms with Gasteiger partial charge in [-0.2, -0.15) is 0 Å². The van der Waals surface area contributed by atoms with Gasteiger partial charge in [0.1, 0.15) is 5.82 Å². The van der Waals surface area contributed by atoms with Crippen molar-refractivity contribution in [1.29, 1.82) is 0 Å². The zero-order valence-corrected chi connectivity index (χ0v) is 18.0. The molecule has 1 aliphatic rings. The summed E-state index contributed by atoms with van der Waals surface area (Å²) in [7, 11) is 1.85. The molecule has 1 aromatic rings. The van der Waals surface area contributed by atoms with Crippen molar-refractivity contribution >= 4 is 29.9 Å². The minimum atomic E-state index is -0.157. The average Bonchev–Trinajstić information content (AvgIpc) is 3.06. The molecule has 0 aliphatic carbocycles. The van der Waals surface area contributed by atoms with Gasteiger partial charge in [-0.25, -0.2) is 4.39 Å². The molecule has 142 valence electrons. The summed E-state index contributed by atoms with van der Waals surface area (Å²) in [6.45, 7) is 9.63. The van der Waals surface area contributed by atoms with E-state index in [1.807, 2.05) is 13.1 Å². The maximum atomic E-state index is 13.2. The van der Waals surface area contributed by atoms with Crippen molar-refractivity contribution in [2.45, 2.75) is 39.2 Å². The standard InChI is InChI=1S/C19H31FN4.HI/c1-4-23(5-2)18-11-13-24(15-18)19(21-3)22-12-7-9-16-8-6-10-17(20)14-16;/h6,8,10,14,18H,4-5,7,9,11-13,15H2,1-3H3,(H,21,22);1H. The third kappa shape index (κ3) is 6.73. The van der Waals surface area contributed by atoms with Crippen molar-refractivity contribution in [3.8, 4) is 0 Å². The van der Waals surface area contributed by atoms with Crippen LogP contribution in [0.3, 0.4) is 0 Å². The third-order valence-electron chi connectivity index (χ3n) is 4.82. The van der Waals surface area contributed by atoms with Crippen molar-refractivity contribution in [3.05, 3.63) is 35.6 Å². The number of hydrogen-bond acceptors (Lipinski definition) is 2. The highest BCUT2D eigenvalue weighted by Gasteiger charge is 2.27. The molecule has 1 saturated heterocycles. The van der Waals surface area contributed by atoms with Crippen LogP contribution in [-0.2, 0) is 6.42 Å². The summed E-state index contributed by atoms with van der Waals surface area (Å²) < 4.78 is 13.2. The molecular formula is C19H32FIN4. The zero-order valence-electron chi connectivity index (χ0n) is 15.7. The fourth-order valence-corrected chi connectivity index (χ4v) is 3.49. The number of likely N-dealkylation sites (N-methyl/N-ethyl adjacent to an activating group) is 1. The number of guanidine groups is 1. The molecule has 1 unspecified atom stereocenters. The average molecular weight is 462 g/mol. The Morgan fingerprint density at radius 1 is 1.36 bits per heavy atom. The normalized spacial score (nSPS) is 17.7. The van der Waals surface area contributed by atoms with E-state index >= 15 is 0 Å². The molecule has 6 heteroatoms. The van der Waals surface area contributed by atoms with E-state index < -0.39 is 0 Å². The zero-order chi connectivity index (χ0) is 17.4. The van der Waals surface area contributed by atoms with Gasteiger partial charge < -0.3 is 10.2 Å². The van der Waals surface area contributed by atoms with E-state index in [1.165, 1.54) is 12.5 Å². The summed E-state index contributed by atoms with van der Waals surface area (Å²) in [6.07, 6.45) is 3.05. The molecule has 1 heterocycles. The van der Waals surface area contributed by atoms with E-state index in [9.17, 15) is 4.39 Å². The van der Waals surface area contributed by atoms with Gasteiger partial charge >= 0.3 is 0 Å². The molecule has 1 N–H and O–H groups in total. The highest BCUT2D eigenvalue weighted by Crippen LogP contribution is 2.15. The first-order valence-corrected chi connectivity index (χ1v) is 9.12. The second-order valence-corrected chi connectivity index (χ2v) is 6.32. The summed E-state index contributed by atoms with van der Waals surface area (Å²) in [5, 5.41) is 3.46. The molecule has 2 rings (SSSR count). The Balaban J connectivity index is 0.00000312. The molecule has 1 atom stereocenters. The number of rotatable bonds is 7. The van der Waals surface area contributed by atoms with Crippen molar-refractivity contribution in [3.63, 3.8) is 0 Å². The minimum absolute atomic E-state index is 0. The molecule has 0 spiro atoms. The SMILES string of the molecule is CCN(CC)C1CCN(C(=NC)NCCCc2cccc(F)c2)C1.I. The highest BCUT2D eigenvalue weighted by atomic mass is 127. The van der Waals surface area contributed by atoms with Crippen LogP contribution in [0.25, 0.3) is 0 Å². The lowest BCUT2D eigenvalue weighted by Crippen LogP contribution is -2.43. The number of likely N-dealkylation sites (tertiary alicyclic amines) is 1. The number of hydrogen-bond donors (Lipinski definition) is 1. The van der Waals surface area contributed by atoms with Gasteiger partial charge in [0, 0.05) is 32.7 Å². The molecule has 0 radical (unpaired) electrons. The summed E-state index contributed by atoms with van der Waals surface area (Å²) in [5.41, 5.74) is 1.05. The molecule has 25 heavy (non-hydrogen) atoms. The minimum Gasteiger partial charge on any atom is -0.356 e. The van der Waals surface area contributed by atoms with Crippen LogP contribution in [-0.4, -0.2) is 61.6 Å². The van der Waals surface area contributed by atoms with Crippen LogP contribution in [0.5, 0.6) is 0 Å². The Labute approximate surface area is 168 Å². The third-order valence-corrected chi connectivity index (χ3v) is 4.82. The number of aliphatic imine (C=N–C) groups is 1. The van der Waals surface area contributed by atoms with Crippen molar-refractivity contribution < 1.29 is 4.39 Å². The Bertz CT molecular complexity index is 534. The first-order chi connectivity index (χ1) is 11.7. The fourth-order valence-electron chi connectivity index (χ4n) is 3.49. The lowest BCUT2D eigenvalue weighted by Gasteiger charge is -2.27. The Hall–Kier alpha value is -0.890. The maximum absolute atomic E-state index is 13.2. The van der Waals surface area contributed by atoms with Crippen LogP contribution in [0.4, 0.5) is 4.39 Å². The predicted molar refractivity (Wildman–Crippen MR) is 114 cm³/mol. The number of aryl methyl sites for hydroxylation is 1. The van der Waals surface area contributed by atoms with Crippen LogP contribution in [0.1, 0.15) is 32.3 Å². The van der Waals surface area contributed by atoms with Crippen LogP contribution < -0.4 is 5.32 Å². The Morgan fingerprint density at radius 3 is 2.76 bits per heavy atom. The van der Waals surface area contributed by atoms with E-state index in [2.05, 4.69) is 34.0 Å². The van der Waals surface area contributed by atoms with E-state index in [4.69, 9.17) is 0 Å². The fraction of sp³-hybridized carbons (Fsp3) is 0.632. The van der Waals surface area contributed by atoms with Gasteiger partial charge in [0.05, 0.1) is 0 Å². The van der Waals surface area contributed by atoms with E-state index in [0.29, 0.717) is 6.04 Å². The first-order valence-electron chi connectivity index (χ1n) is 9.12. The van der Waals surface area contributed by atoms with Crippen LogP contribution in [0.2, 0.25) is 0 Å². The molecule has 4 nitrogen and oxygen atoms in total. The van der Waals surface area contributed by atoms with Gasteiger partial charge in [0.25, 0.3) is 0 Å². The number of nitrogens with one attached hydrogen (secondary N) is 1. The van der Waals surface area contributed by atoms with Gasteiger partial charge in [-0.1, -0.05) is 26.0 Å². The summed E-state index contributed by atoms with van der Waals surface area (Å²) in [5.74, 6) is 0.833. The molecule has 0 aromatic heterocycles. The van der Waals surface area contributed by atoms with Gasteiger partial charge in [0.15, 0.2) is 5.96 Å². The lowest BCUT2D eigenvalue weighted by atomic mass is 10.1. The van der Waals surface area contributed by atoms with E-state index in [1.54, 1.807) is 12.1 Å². The van der Waals surface area contributed by atoms with Gasteiger partial charge in [-0.05, 0) is 50.0 Å². The van der Waals surface area contributed by atoms with Crippen LogP contribution in [0.15, 0.2) is 29.3 Å². The largest absolute Gasteiger partial charge is 0.356 e. The van der Waals surface area contributed by atoms with Gasteiger partial charge in [-0.3, -0.25) is 9.89 Å². The van der Waals surface area contributed by atoms with Crippen LogP contribution in [0, 0.1) is 5.82 Å². The molecular weight excluding hydrogens is 430 g/mol. The summed E-state index contributed by atoms with van der Waals surface area (Å²) in [4.78, 5) is 9.30. The maximum Gasteiger partial charge on any atom is 0.193 e. The second-order valence-electron chi connectivity index (χ2n) is 6.32. The quantitative estimate of drug-likeness (QED) is 0.292. The summed E-state index contributed by atoms with van der Waals surface area (Å²) in [6, 6.07) is 7.49. The Morgan fingerprint density at radius 2 is 2.12 bits per heavy atom.